The zero-order valence-electron chi connectivity index (χ0n) is 11.9. The molecule has 1 aliphatic rings. The number of hydrogen-bond donors (Lipinski definition) is 2. The van der Waals surface area contributed by atoms with E-state index in [9.17, 15) is 9.59 Å². The van der Waals surface area contributed by atoms with Gasteiger partial charge in [-0.05, 0) is 34.2 Å². The zero-order valence-corrected chi connectivity index (χ0v) is 13.4. The smallest absolute Gasteiger partial charge is 0.270 e. The van der Waals surface area contributed by atoms with Crippen LogP contribution in [0.2, 0.25) is 10.0 Å². The molecule has 0 atom stereocenters. The second kappa shape index (κ2) is 6.20. The SMILES string of the molecule is NCCNC(=O)c1cc2c(c3cc(Cl)c(Cl)cc13)=C[N]C(=O)C=2. The quantitative estimate of drug-likeness (QED) is 0.846. The monoisotopic (exact) mass is 348 g/mol. The molecule has 0 spiro atoms. The van der Waals surface area contributed by atoms with Crippen LogP contribution in [0.3, 0.4) is 0 Å². The Hall–Kier alpha value is -2.08. The summed E-state index contributed by atoms with van der Waals surface area (Å²) in [5.74, 6) is -0.657. The molecular formula is C16H12Cl2N3O2. The Bertz CT molecular complexity index is 954. The molecule has 2 amide bonds. The molecule has 7 heteroatoms. The Morgan fingerprint density at radius 2 is 1.87 bits per heavy atom. The van der Waals surface area contributed by atoms with Gasteiger partial charge in [0.2, 0.25) is 0 Å². The highest BCUT2D eigenvalue weighted by Gasteiger charge is 2.15. The van der Waals surface area contributed by atoms with Crippen molar-refractivity contribution in [3.05, 3.63) is 44.2 Å². The van der Waals surface area contributed by atoms with E-state index in [1.807, 2.05) is 0 Å². The normalized spacial score (nSPS) is 12.9. The number of rotatable bonds is 3. The summed E-state index contributed by atoms with van der Waals surface area (Å²) in [6.07, 6.45) is 2.86. The van der Waals surface area contributed by atoms with Gasteiger partial charge in [-0.2, -0.15) is 0 Å². The third-order valence-corrected chi connectivity index (χ3v) is 4.25. The number of carbonyl (C=O) groups excluding carboxylic acids is 2. The van der Waals surface area contributed by atoms with Crippen LogP contribution in [0.5, 0.6) is 0 Å². The maximum atomic E-state index is 12.4. The van der Waals surface area contributed by atoms with Crippen molar-refractivity contribution in [3.63, 3.8) is 0 Å². The molecule has 1 radical (unpaired) electrons. The van der Waals surface area contributed by atoms with Crippen molar-refractivity contribution in [2.24, 2.45) is 5.73 Å². The minimum absolute atomic E-state index is 0.287. The minimum Gasteiger partial charge on any atom is -0.351 e. The van der Waals surface area contributed by atoms with Gasteiger partial charge in [0.05, 0.1) is 10.0 Å². The predicted octanol–water partition coefficient (Wildman–Crippen LogP) is 0.498. The van der Waals surface area contributed by atoms with Gasteiger partial charge in [0.15, 0.2) is 0 Å². The van der Waals surface area contributed by atoms with Crippen molar-refractivity contribution in [1.82, 2.24) is 10.6 Å². The van der Waals surface area contributed by atoms with Crippen LogP contribution in [-0.4, -0.2) is 24.9 Å². The van der Waals surface area contributed by atoms with Crippen LogP contribution in [0.1, 0.15) is 10.4 Å². The maximum absolute atomic E-state index is 12.4. The summed E-state index contributed by atoms with van der Waals surface area (Å²) < 4.78 is 0. The fourth-order valence-electron chi connectivity index (χ4n) is 2.49. The summed E-state index contributed by atoms with van der Waals surface area (Å²) in [6.45, 7) is 0.682. The molecule has 2 aromatic rings. The number of benzene rings is 2. The van der Waals surface area contributed by atoms with Gasteiger partial charge >= 0.3 is 0 Å². The van der Waals surface area contributed by atoms with E-state index in [2.05, 4.69) is 10.6 Å². The third kappa shape index (κ3) is 2.91. The standard InChI is InChI=1S/C16H12Cl2N3O2/c17-13-5-9-10(6-14(13)18)12-7-21-15(22)4-8(12)3-11(9)16(23)20-2-1-19/h3-7H,1-2,19H2,(H,20,23). The van der Waals surface area contributed by atoms with E-state index in [4.69, 9.17) is 28.9 Å². The average molecular weight is 349 g/mol. The zero-order chi connectivity index (χ0) is 16.6. The number of halogens is 2. The molecule has 3 N–H and O–H groups in total. The fourth-order valence-corrected chi connectivity index (χ4v) is 2.82. The second-order valence-corrected chi connectivity index (χ2v) is 5.84. The fraction of sp³-hybridized carbons (Fsp3) is 0.125. The highest BCUT2D eigenvalue weighted by Crippen LogP contribution is 2.27. The summed E-state index contributed by atoms with van der Waals surface area (Å²) in [6, 6.07) is 4.96. The first-order valence-corrected chi connectivity index (χ1v) is 7.63. The Labute approximate surface area is 141 Å². The summed E-state index contributed by atoms with van der Waals surface area (Å²) in [5, 5.41) is 9.92. The van der Waals surface area contributed by atoms with Crippen LogP contribution in [0.4, 0.5) is 0 Å². The van der Waals surface area contributed by atoms with Gasteiger partial charge in [-0.1, -0.05) is 23.2 Å². The number of carbonyl (C=O) groups is 2. The van der Waals surface area contributed by atoms with Crippen molar-refractivity contribution in [1.29, 1.82) is 0 Å². The minimum atomic E-state index is -0.370. The van der Waals surface area contributed by atoms with E-state index in [0.29, 0.717) is 44.7 Å². The van der Waals surface area contributed by atoms with Gasteiger partial charge in [0, 0.05) is 36.1 Å². The molecule has 0 bridgehead atoms. The van der Waals surface area contributed by atoms with Crippen molar-refractivity contribution >= 4 is 58.1 Å². The van der Waals surface area contributed by atoms with E-state index in [1.54, 1.807) is 18.2 Å². The Balaban J connectivity index is 2.36. The van der Waals surface area contributed by atoms with Gasteiger partial charge in [-0.15, -0.1) is 0 Å². The summed E-state index contributed by atoms with van der Waals surface area (Å²) in [7, 11) is 0. The highest BCUT2D eigenvalue weighted by molar-refractivity contribution is 6.43. The van der Waals surface area contributed by atoms with Crippen molar-refractivity contribution in [2.75, 3.05) is 13.1 Å². The van der Waals surface area contributed by atoms with E-state index in [-0.39, 0.29) is 11.8 Å². The van der Waals surface area contributed by atoms with E-state index in [0.717, 1.165) is 5.22 Å². The Kier molecular flexibility index (Phi) is 4.26. The molecule has 23 heavy (non-hydrogen) atoms. The first-order chi connectivity index (χ1) is 11.0. The highest BCUT2D eigenvalue weighted by atomic mass is 35.5. The largest absolute Gasteiger partial charge is 0.351 e. The maximum Gasteiger partial charge on any atom is 0.270 e. The summed E-state index contributed by atoms with van der Waals surface area (Å²) >= 11 is 12.2. The summed E-state index contributed by atoms with van der Waals surface area (Å²) in [4.78, 5) is 23.9. The van der Waals surface area contributed by atoms with Crippen LogP contribution in [0, 0.1) is 0 Å². The van der Waals surface area contributed by atoms with Gasteiger partial charge in [0.1, 0.15) is 0 Å². The number of amides is 2. The van der Waals surface area contributed by atoms with E-state index in [1.165, 1.54) is 12.3 Å². The molecule has 5 nitrogen and oxygen atoms in total. The molecule has 0 aromatic heterocycles. The number of nitrogens with two attached hydrogens (primary N) is 1. The van der Waals surface area contributed by atoms with Crippen molar-refractivity contribution in [2.45, 2.75) is 0 Å². The molecule has 0 saturated heterocycles. The number of hydrogen-bond acceptors (Lipinski definition) is 3. The summed E-state index contributed by atoms with van der Waals surface area (Å²) in [5.41, 5.74) is 5.83. The molecule has 1 heterocycles. The molecule has 1 aliphatic heterocycles. The van der Waals surface area contributed by atoms with Gasteiger partial charge in [-0.25, -0.2) is 5.32 Å². The Morgan fingerprint density at radius 1 is 1.17 bits per heavy atom. The number of fused-ring (bicyclic) bond motifs is 3. The first kappa shape index (κ1) is 15.8. The second-order valence-electron chi connectivity index (χ2n) is 5.02. The molecule has 3 rings (SSSR count). The van der Waals surface area contributed by atoms with Crippen molar-refractivity contribution in [3.8, 4) is 0 Å². The lowest BCUT2D eigenvalue weighted by atomic mass is 9.99. The van der Waals surface area contributed by atoms with Gasteiger partial charge in [-0.3, -0.25) is 9.59 Å². The molecule has 0 aliphatic carbocycles. The predicted molar refractivity (Wildman–Crippen MR) is 90.7 cm³/mol. The average Bonchev–Trinajstić information content (AvgIpc) is 2.53. The molecule has 2 aromatic carbocycles. The molecular weight excluding hydrogens is 337 g/mol. The number of nitrogens with zero attached hydrogens (tertiary/aromatic N) is 1. The van der Waals surface area contributed by atoms with Crippen molar-refractivity contribution < 1.29 is 9.59 Å². The molecule has 0 unspecified atom stereocenters. The first-order valence-electron chi connectivity index (χ1n) is 6.88. The lowest BCUT2D eigenvalue weighted by Crippen LogP contribution is -2.36. The molecule has 0 saturated carbocycles. The van der Waals surface area contributed by atoms with Crippen LogP contribution < -0.4 is 26.8 Å². The molecule has 0 fully saturated rings. The molecule has 117 valence electrons. The van der Waals surface area contributed by atoms with Crippen LogP contribution in [-0.2, 0) is 4.79 Å². The number of nitrogens with one attached hydrogen (secondary N) is 1. The van der Waals surface area contributed by atoms with E-state index >= 15 is 0 Å². The third-order valence-electron chi connectivity index (χ3n) is 3.53. The van der Waals surface area contributed by atoms with Gasteiger partial charge < -0.3 is 11.1 Å². The lowest BCUT2D eigenvalue weighted by molar-refractivity contribution is -0.114. The van der Waals surface area contributed by atoms with E-state index < -0.39 is 0 Å². The topological polar surface area (TPSA) is 86.3 Å². The van der Waals surface area contributed by atoms with Crippen LogP contribution in [0.25, 0.3) is 23.0 Å². The van der Waals surface area contributed by atoms with Crippen LogP contribution >= 0.6 is 23.2 Å². The van der Waals surface area contributed by atoms with Crippen LogP contribution in [0.15, 0.2) is 18.2 Å². The van der Waals surface area contributed by atoms with Gasteiger partial charge in [0.25, 0.3) is 11.8 Å². The Morgan fingerprint density at radius 3 is 2.57 bits per heavy atom. The lowest BCUT2D eigenvalue weighted by Gasteiger charge is -2.11.